The molecule has 0 bridgehead atoms. The molecule has 2 aromatic carbocycles. The van der Waals surface area contributed by atoms with Crippen molar-refractivity contribution in [2.24, 2.45) is 0 Å². The summed E-state index contributed by atoms with van der Waals surface area (Å²) in [6, 6.07) is 11.1. The van der Waals surface area contributed by atoms with Crippen molar-refractivity contribution in [1.82, 2.24) is 0 Å². The highest BCUT2D eigenvalue weighted by molar-refractivity contribution is 6.33. The summed E-state index contributed by atoms with van der Waals surface area (Å²) in [7, 11) is 0. The van der Waals surface area contributed by atoms with Gasteiger partial charge in [0.1, 0.15) is 0 Å². The summed E-state index contributed by atoms with van der Waals surface area (Å²) in [6.45, 7) is 18.5. The predicted octanol–water partition coefficient (Wildman–Crippen LogP) is 7.24. The minimum absolute atomic E-state index is 0.0193. The molecule has 1 heteroatoms. The molecule has 3 rings (SSSR count). The maximum absolute atomic E-state index is 6.66. The fraction of sp³-hybridized carbons (Fsp3) is 0.478. The lowest BCUT2D eigenvalue weighted by molar-refractivity contribution is 0.545. The maximum atomic E-state index is 6.66. The molecule has 0 unspecified atom stereocenters. The van der Waals surface area contributed by atoms with Crippen molar-refractivity contribution in [3.8, 4) is 11.1 Å². The van der Waals surface area contributed by atoms with Crippen molar-refractivity contribution < 1.29 is 0 Å². The Bertz CT molecular complexity index is 811. The van der Waals surface area contributed by atoms with Gasteiger partial charge < -0.3 is 0 Å². The molecule has 0 aromatic heterocycles. The van der Waals surface area contributed by atoms with Gasteiger partial charge in [-0.3, -0.25) is 0 Å². The molecule has 0 radical (unpaired) electrons. The molecule has 0 saturated heterocycles. The van der Waals surface area contributed by atoms with Crippen LogP contribution >= 0.6 is 11.6 Å². The van der Waals surface area contributed by atoms with Crippen LogP contribution in [0.2, 0.25) is 5.02 Å². The first-order valence-electron chi connectivity index (χ1n) is 8.84. The number of benzene rings is 2. The van der Waals surface area contributed by atoms with Gasteiger partial charge in [-0.05, 0) is 44.7 Å². The van der Waals surface area contributed by atoms with E-state index in [2.05, 4.69) is 79.7 Å². The van der Waals surface area contributed by atoms with E-state index in [4.69, 9.17) is 11.6 Å². The molecular weight excluding hydrogens is 312 g/mol. The van der Waals surface area contributed by atoms with Crippen LogP contribution in [0.3, 0.4) is 0 Å². The molecule has 0 fully saturated rings. The highest BCUT2D eigenvalue weighted by atomic mass is 35.5. The number of fused-ring (bicyclic) bond motifs is 3. The van der Waals surface area contributed by atoms with Gasteiger partial charge in [0.2, 0.25) is 0 Å². The fourth-order valence-corrected chi connectivity index (χ4v) is 4.27. The van der Waals surface area contributed by atoms with Gasteiger partial charge in [0.25, 0.3) is 0 Å². The standard InChI is InChI=1S/C23H29Cl/c1-21(2,3)14-12-15-19-16(10-9-11-18(19)24)23(7,8)20(15)17(13-14)22(4,5)6/h9-13H,1-8H3. The van der Waals surface area contributed by atoms with Crippen LogP contribution < -0.4 is 0 Å². The van der Waals surface area contributed by atoms with Crippen LogP contribution in [0.5, 0.6) is 0 Å². The molecular formula is C23H29Cl. The lowest BCUT2D eigenvalue weighted by atomic mass is 9.71. The molecule has 24 heavy (non-hydrogen) atoms. The normalized spacial score (nSPS) is 16.0. The number of hydrogen-bond acceptors (Lipinski definition) is 0. The average Bonchev–Trinajstić information content (AvgIpc) is 2.66. The van der Waals surface area contributed by atoms with Crippen molar-refractivity contribution >= 4 is 11.6 Å². The number of rotatable bonds is 0. The molecule has 0 heterocycles. The van der Waals surface area contributed by atoms with Gasteiger partial charge in [0.15, 0.2) is 0 Å². The zero-order valence-electron chi connectivity index (χ0n) is 16.3. The molecule has 0 nitrogen and oxygen atoms in total. The van der Waals surface area contributed by atoms with E-state index in [1.165, 1.54) is 33.4 Å². The largest absolute Gasteiger partial charge is 0.0837 e. The second-order valence-corrected chi connectivity index (χ2v) is 10.1. The van der Waals surface area contributed by atoms with Gasteiger partial charge >= 0.3 is 0 Å². The summed E-state index contributed by atoms with van der Waals surface area (Å²) in [5.41, 5.74) is 8.38. The molecule has 0 aliphatic heterocycles. The van der Waals surface area contributed by atoms with Crippen LogP contribution in [0, 0.1) is 0 Å². The molecule has 0 atom stereocenters. The average molecular weight is 341 g/mol. The lowest BCUT2D eigenvalue weighted by Crippen LogP contribution is -2.24. The predicted molar refractivity (Wildman–Crippen MR) is 106 cm³/mol. The van der Waals surface area contributed by atoms with E-state index in [1.807, 2.05) is 6.07 Å². The van der Waals surface area contributed by atoms with Gasteiger partial charge in [-0.1, -0.05) is 91.3 Å². The monoisotopic (exact) mass is 340 g/mol. The maximum Gasteiger partial charge on any atom is 0.0487 e. The molecule has 0 saturated carbocycles. The Hall–Kier alpha value is -1.27. The van der Waals surface area contributed by atoms with Crippen LogP contribution in [0.15, 0.2) is 30.3 Å². The minimum Gasteiger partial charge on any atom is -0.0837 e. The highest BCUT2D eigenvalue weighted by Crippen LogP contribution is 2.54. The van der Waals surface area contributed by atoms with E-state index >= 15 is 0 Å². The first-order chi connectivity index (χ1) is 10.8. The SMILES string of the molecule is CC(C)(C)c1cc2c(c(C(C)(C)C)c1)C(C)(C)c1cccc(Cl)c1-2. The third kappa shape index (κ3) is 2.51. The van der Waals surface area contributed by atoms with Crippen molar-refractivity contribution in [3.05, 3.63) is 57.6 Å². The molecule has 0 N–H and O–H groups in total. The van der Waals surface area contributed by atoms with Crippen molar-refractivity contribution in [1.29, 1.82) is 0 Å². The summed E-state index contributed by atoms with van der Waals surface area (Å²) in [5.74, 6) is 0. The quantitative estimate of drug-likeness (QED) is 0.474. The van der Waals surface area contributed by atoms with Crippen LogP contribution in [-0.2, 0) is 16.2 Å². The minimum atomic E-state index is -0.0193. The Balaban J connectivity index is 2.48. The van der Waals surface area contributed by atoms with Gasteiger partial charge in [0.05, 0.1) is 0 Å². The third-order valence-corrected chi connectivity index (χ3v) is 5.71. The molecule has 0 spiro atoms. The summed E-state index contributed by atoms with van der Waals surface area (Å²) < 4.78 is 0. The topological polar surface area (TPSA) is 0 Å². The second kappa shape index (κ2) is 5.11. The Morgan fingerprint density at radius 1 is 0.875 bits per heavy atom. The number of hydrogen-bond donors (Lipinski definition) is 0. The zero-order chi connectivity index (χ0) is 18.1. The molecule has 1 aliphatic carbocycles. The first-order valence-corrected chi connectivity index (χ1v) is 9.22. The van der Waals surface area contributed by atoms with Crippen molar-refractivity contribution in [2.75, 3.05) is 0 Å². The van der Waals surface area contributed by atoms with Crippen molar-refractivity contribution in [3.63, 3.8) is 0 Å². The highest BCUT2D eigenvalue weighted by Gasteiger charge is 2.41. The van der Waals surface area contributed by atoms with E-state index in [0.29, 0.717) is 0 Å². The Kier molecular flexibility index (Phi) is 3.74. The Morgan fingerprint density at radius 3 is 2.04 bits per heavy atom. The van der Waals surface area contributed by atoms with Crippen LogP contribution in [-0.4, -0.2) is 0 Å². The van der Waals surface area contributed by atoms with Gasteiger partial charge in [-0.25, -0.2) is 0 Å². The third-order valence-electron chi connectivity index (χ3n) is 5.39. The van der Waals surface area contributed by atoms with Gasteiger partial charge in [-0.2, -0.15) is 0 Å². The number of halogens is 1. The van der Waals surface area contributed by atoms with E-state index in [9.17, 15) is 0 Å². The summed E-state index contributed by atoms with van der Waals surface area (Å²) in [4.78, 5) is 0. The smallest absolute Gasteiger partial charge is 0.0487 e. The van der Waals surface area contributed by atoms with E-state index in [-0.39, 0.29) is 16.2 Å². The molecule has 0 amide bonds. The Morgan fingerprint density at radius 2 is 1.50 bits per heavy atom. The lowest BCUT2D eigenvalue weighted by Gasteiger charge is -2.32. The van der Waals surface area contributed by atoms with Gasteiger partial charge in [0, 0.05) is 16.0 Å². The van der Waals surface area contributed by atoms with Crippen molar-refractivity contribution in [2.45, 2.75) is 71.6 Å². The molecule has 2 aromatic rings. The van der Waals surface area contributed by atoms with E-state index in [0.717, 1.165) is 5.02 Å². The molecule has 1 aliphatic rings. The van der Waals surface area contributed by atoms with Crippen LogP contribution in [0.4, 0.5) is 0 Å². The second-order valence-electron chi connectivity index (χ2n) is 9.73. The first kappa shape index (κ1) is 17.5. The molecule has 128 valence electrons. The van der Waals surface area contributed by atoms with E-state index < -0.39 is 0 Å². The van der Waals surface area contributed by atoms with Gasteiger partial charge in [-0.15, -0.1) is 0 Å². The summed E-state index contributed by atoms with van der Waals surface area (Å²) >= 11 is 6.66. The fourth-order valence-electron chi connectivity index (χ4n) is 3.99. The summed E-state index contributed by atoms with van der Waals surface area (Å²) in [5, 5.41) is 0.866. The zero-order valence-corrected chi connectivity index (χ0v) is 17.0. The van der Waals surface area contributed by atoms with Crippen LogP contribution in [0.1, 0.15) is 77.6 Å². The van der Waals surface area contributed by atoms with E-state index in [1.54, 1.807) is 0 Å². The Labute approximate surface area is 152 Å². The summed E-state index contributed by atoms with van der Waals surface area (Å²) in [6.07, 6.45) is 0. The van der Waals surface area contributed by atoms with Crippen LogP contribution in [0.25, 0.3) is 11.1 Å².